The van der Waals surface area contributed by atoms with Crippen molar-refractivity contribution < 1.29 is 13.2 Å². The van der Waals surface area contributed by atoms with Gasteiger partial charge in [0.1, 0.15) is 0 Å². The van der Waals surface area contributed by atoms with Crippen molar-refractivity contribution in [2.75, 3.05) is 12.4 Å². The van der Waals surface area contributed by atoms with E-state index in [1.807, 2.05) is 30.3 Å². The average Bonchev–Trinajstić information content (AvgIpc) is 2.79. The van der Waals surface area contributed by atoms with Crippen LogP contribution in [0.3, 0.4) is 0 Å². The lowest BCUT2D eigenvalue weighted by Gasteiger charge is -2.55. The number of thiocarbonyl (C=S) groups is 1. The number of hydrogen-bond donors (Lipinski definition) is 2. The van der Waals surface area contributed by atoms with Crippen molar-refractivity contribution in [3.8, 4) is 0 Å². The molecular weight excluding hydrogens is 466 g/mol. The summed E-state index contributed by atoms with van der Waals surface area (Å²) in [6.07, 6.45) is 6.80. The van der Waals surface area contributed by atoms with Gasteiger partial charge in [-0.15, -0.1) is 0 Å². The van der Waals surface area contributed by atoms with E-state index in [1.54, 1.807) is 31.3 Å². The van der Waals surface area contributed by atoms with Crippen LogP contribution in [0.1, 0.15) is 44.1 Å². The Balaban J connectivity index is 1.19. The smallest absolute Gasteiger partial charge is 0.243 e. The molecule has 4 aliphatic rings. The maximum atomic E-state index is 13.2. The molecule has 34 heavy (non-hydrogen) atoms. The second-order valence-electron chi connectivity index (χ2n) is 10.4. The minimum Gasteiger partial charge on any atom is -0.332 e. The van der Waals surface area contributed by atoms with Gasteiger partial charge in [0.15, 0.2) is 5.11 Å². The predicted octanol–water partition coefficient (Wildman–Crippen LogP) is 4.54. The lowest BCUT2D eigenvalue weighted by molar-refractivity contribution is -0.144. The van der Waals surface area contributed by atoms with E-state index in [9.17, 15) is 13.2 Å². The van der Waals surface area contributed by atoms with Gasteiger partial charge in [-0.1, -0.05) is 30.3 Å². The third kappa shape index (κ3) is 4.63. The van der Waals surface area contributed by atoms with E-state index in [0.717, 1.165) is 24.8 Å². The molecule has 4 saturated carbocycles. The summed E-state index contributed by atoms with van der Waals surface area (Å²) in [5.74, 6) is 2.11. The van der Waals surface area contributed by atoms with Crippen LogP contribution in [-0.2, 0) is 21.4 Å². The van der Waals surface area contributed by atoms with Crippen LogP contribution in [-0.4, -0.2) is 30.8 Å². The number of amides is 1. The highest BCUT2D eigenvalue weighted by molar-refractivity contribution is 7.89. The van der Waals surface area contributed by atoms with Gasteiger partial charge >= 0.3 is 0 Å². The van der Waals surface area contributed by atoms with E-state index < -0.39 is 10.0 Å². The molecule has 0 heterocycles. The molecule has 0 aliphatic heterocycles. The fourth-order valence-electron chi connectivity index (χ4n) is 6.60. The van der Waals surface area contributed by atoms with Gasteiger partial charge in [-0.3, -0.25) is 4.79 Å². The summed E-state index contributed by atoms with van der Waals surface area (Å²) in [6, 6.07) is 15.9. The molecule has 4 bridgehead atoms. The molecule has 6 nitrogen and oxygen atoms in total. The Morgan fingerprint density at radius 1 is 0.971 bits per heavy atom. The highest BCUT2D eigenvalue weighted by Gasteiger charge is 2.54. The summed E-state index contributed by atoms with van der Waals surface area (Å²) in [6.45, 7) is 0.295. The summed E-state index contributed by atoms with van der Waals surface area (Å²) in [7, 11) is -2.05. The van der Waals surface area contributed by atoms with E-state index in [-0.39, 0.29) is 21.3 Å². The second-order valence-corrected chi connectivity index (χ2v) is 12.8. The summed E-state index contributed by atoms with van der Waals surface area (Å²) in [5.41, 5.74) is 1.30. The largest absolute Gasteiger partial charge is 0.332 e. The normalized spacial score (nSPS) is 27.5. The fraction of sp³-hybridized carbons (Fsp3) is 0.462. The number of sulfonamides is 1. The number of benzene rings is 2. The number of carbonyl (C=O) groups excluding carboxylic acids is 1. The zero-order chi connectivity index (χ0) is 23.9. The lowest BCUT2D eigenvalue weighted by atomic mass is 9.49. The van der Waals surface area contributed by atoms with Crippen molar-refractivity contribution in [2.45, 2.75) is 50.0 Å². The van der Waals surface area contributed by atoms with Crippen LogP contribution in [0.5, 0.6) is 0 Å². The van der Waals surface area contributed by atoms with Gasteiger partial charge in [0, 0.05) is 19.3 Å². The maximum absolute atomic E-state index is 13.2. The number of anilines is 1. The molecule has 2 aromatic rings. The quantitative estimate of drug-likeness (QED) is 0.573. The molecule has 8 heteroatoms. The van der Waals surface area contributed by atoms with Crippen LogP contribution < -0.4 is 10.6 Å². The maximum Gasteiger partial charge on any atom is 0.243 e. The Morgan fingerprint density at radius 3 is 2.09 bits per heavy atom. The fourth-order valence-corrected chi connectivity index (χ4v) is 7.97. The van der Waals surface area contributed by atoms with Gasteiger partial charge in [-0.05, 0) is 98.3 Å². The minimum atomic E-state index is -3.62. The van der Waals surface area contributed by atoms with E-state index in [0.29, 0.717) is 30.0 Å². The molecule has 2 aromatic carbocycles. The van der Waals surface area contributed by atoms with Crippen LogP contribution in [0.15, 0.2) is 59.5 Å². The van der Waals surface area contributed by atoms with E-state index in [4.69, 9.17) is 12.2 Å². The first-order chi connectivity index (χ1) is 16.2. The third-order valence-corrected chi connectivity index (χ3v) is 9.84. The van der Waals surface area contributed by atoms with Gasteiger partial charge in [-0.2, -0.15) is 4.31 Å². The summed E-state index contributed by atoms with van der Waals surface area (Å²) in [5, 5.41) is 6.24. The zero-order valence-corrected chi connectivity index (χ0v) is 21.0. The van der Waals surface area contributed by atoms with E-state index in [2.05, 4.69) is 10.6 Å². The highest BCUT2D eigenvalue weighted by Crippen LogP contribution is 2.60. The molecule has 0 radical (unpaired) electrons. The van der Waals surface area contributed by atoms with Gasteiger partial charge in [0.05, 0.1) is 10.3 Å². The van der Waals surface area contributed by atoms with Gasteiger partial charge in [-0.25, -0.2) is 8.42 Å². The van der Waals surface area contributed by atoms with Crippen molar-refractivity contribution in [1.29, 1.82) is 0 Å². The Labute approximate surface area is 207 Å². The lowest BCUT2D eigenvalue weighted by Crippen LogP contribution is -2.55. The number of nitrogens with one attached hydrogen (secondary N) is 2. The molecule has 0 unspecified atom stereocenters. The Bertz CT molecular complexity index is 1140. The van der Waals surface area contributed by atoms with Gasteiger partial charge in [0.25, 0.3) is 0 Å². The van der Waals surface area contributed by atoms with Crippen LogP contribution in [0.25, 0.3) is 0 Å². The molecule has 180 valence electrons. The second kappa shape index (κ2) is 9.06. The molecule has 2 N–H and O–H groups in total. The van der Waals surface area contributed by atoms with Crippen molar-refractivity contribution in [3.05, 3.63) is 60.2 Å². The summed E-state index contributed by atoms with van der Waals surface area (Å²) >= 11 is 5.42. The first-order valence-corrected chi connectivity index (χ1v) is 13.8. The topological polar surface area (TPSA) is 78.5 Å². The van der Waals surface area contributed by atoms with Gasteiger partial charge < -0.3 is 10.6 Å². The SMILES string of the molecule is CN(Cc1ccccc1)S(=O)(=O)c1ccc(NC(=S)NC(=O)C23CC4CC(CC(C4)C2)C3)cc1. The van der Waals surface area contributed by atoms with Crippen LogP contribution in [0.4, 0.5) is 5.69 Å². The number of hydrogen-bond acceptors (Lipinski definition) is 4. The number of rotatable bonds is 6. The summed E-state index contributed by atoms with van der Waals surface area (Å²) < 4.78 is 27.2. The van der Waals surface area contributed by atoms with Crippen LogP contribution in [0, 0.1) is 23.2 Å². The highest BCUT2D eigenvalue weighted by atomic mass is 32.2. The summed E-state index contributed by atoms with van der Waals surface area (Å²) in [4.78, 5) is 13.4. The Morgan fingerprint density at radius 2 is 1.53 bits per heavy atom. The minimum absolute atomic E-state index is 0.0471. The molecule has 1 amide bonds. The van der Waals surface area contributed by atoms with Crippen molar-refractivity contribution >= 4 is 38.9 Å². The van der Waals surface area contributed by atoms with Crippen molar-refractivity contribution in [1.82, 2.24) is 9.62 Å². The molecular formula is C26H31N3O3S2. The first-order valence-electron chi connectivity index (χ1n) is 12.0. The molecule has 0 spiro atoms. The van der Waals surface area contributed by atoms with E-state index >= 15 is 0 Å². The third-order valence-electron chi connectivity index (χ3n) is 7.82. The van der Waals surface area contributed by atoms with Crippen LogP contribution in [0.2, 0.25) is 0 Å². The predicted molar refractivity (Wildman–Crippen MR) is 137 cm³/mol. The molecule has 0 aromatic heterocycles. The zero-order valence-electron chi connectivity index (χ0n) is 19.4. The number of nitrogens with zero attached hydrogens (tertiary/aromatic N) is 1. The van der Waals surface area contributed by atoms with Crippen LogP contribution >= 0.6 is 12.2 Å². The number of carbonyl (C=O) groups is 1. The molecule has 4 aliphatic carbocycles. The van der Waals surface area contributed by atoms with Crippen molar-refractivity contribution in [3.63, 3.8) is 0 Å². The average molecular weight is 498 g/mol. The standard InChI is InChI=1S/C26H31N3O3S2/c1-29(17-18-5-3-2-4-6-18)34(31,32)23-9-7-22(8-10-23)27-25(33)28-24(30)26-14-19-11-20(15-26)13-21(12-19)16-26/h2-10,19-21H,11-17H2,1H3,(H2,27,28,30,33). The Kier molecular flexibility index (Phi) is 6.25. The molecule has 6 rings (SSSR count). The molecule has 0 saturated heterocycles. The Hall–Kier alpha value is -2.29. The first kappa shape index (κ1) is 23.5. The van der Waals surface area contributed by atoms with Crippen molar-refractivity contribution in [2.24, 2.45) is 23.2 Å². The molecule has 0 atom stereocenters. The van der Waals surface area contributed by atoms with E-state index in [1.165, 1.54) is 23.6 Å². The molecule has 4 fully saturated rings. The van der Waals surface area contributed by atoms with Gasteiger partial charge in [0.2, 0.25) is 15.9 Å². The monoisotopic (exact) mass is 497 g/mol.